The van der Waals surface area contributed by atoms with Gasteiger partial charge in [-0.05, 0) is 43.0 Å². The number of amides is 1. The predicted molar refractivity (Wildman–Crippen MR) is 108 cm³/mol. The van der Waals surface area contributed by atoms with E-state index in [4.69, 9.17) is 11.6 Å². The minimum absolute atomic E-state index is 0.0918. The summed E-state index contributed by atoms with van der Waals surface area (Å²) in [4.78, 5) is 13.5. The number of carbonyl (C=O) groups is 1. The lowest BCUT2D eigenvalue weighted by Crippen LogP contribution is -2.15. The lowest BCUT2D eigenvalue weighted by atomic mass is 10.2. The normalized spacial score (nSPS) is 10.9. The molecule has 136 valence electrons. The van der Waals surface area contributed by atoms with E-state index in [1.807, 2.05) is 25.1 Å². The van der Waals surface area contributed by atoms with Crippen LogP contribution in [-0.4, -0.2) is 26.4 Å². The van der Waals surface area contributed by atoms with Crippen LogP contribution in [0.15, 0.2) is 40.9 Å². The molecule has 0 aliphatic heterocycles. The van der Waals surface area contributed by atoms with Gasteiger partial charge in [-0.25, -0.2) is 0 Å². The van der Waals surface area contributed by atoms with E-state index in [1.165, 1.54) is 16.6 Å². The molecule has 0 atom stereocenters. The topological polar surface area (TPSA) is 59.8 Å². The van der Waals surface area contributed by atoms with Gasteiger partial charge in [-0.3, -0.25) is 4.79 Å². The average Bonchev–Trinajstić information content (AvgIpc) is 3.27. The van der Waals surface area contributed by atoms with Crippen molar-refractivity contribution >= 4 is 46.3 Å². The average molecular weight is 407 g/mol. The van der Waals surface area contributed by atoms with Crippen LogP contribution in [-0.2, 0) is 17.8 Å². The molecule has 0 aliphatic rings. The largest absolute Gasteiger partial charge is 0.325 e. The predicted octanol–water partition coefficient (Wildman–Crippen LogP) is 4.64. The Labute approximate surface area is 165 Å². The van der Waals surface area contributed by atoms with E-state index in [2.05, 4.69) is 38.5 Å². The lowest BCUT2D eigenvalue weighted by Gasteiger charge is -2.10. The van der Waals surface area contributed by atoms with Crippen molar-refractivity contribution in [3.63, 3.8) is 0 Å². The van der Waals surface area contributed by atoms with E-state index in [0.717, 1.165) is 35.2 Å². The molecule has 8 heteroatoms. The maximum Gasteiger partial charge on any atom is 0.234 e. The van der Waals surface area contributed by atoms with Gasteiger partial charge >= 0.3 is 0 Å². The maximum atomic E-state index is 12.3. The van der Waals surface area contributed by atoms with Crippen LogP contribution < -0.4 is 5.32 Å². The number of nitrogens with one attached hydrogen (secondary N) is 1. The Morgan fingerprint density at radius 3 is 2.88 bits per heavy atom. The van der Waals surface area contributed by atoms with E-state index in [9.17, 15) is 4.79 Å². The fraction of sp³-hybridized carbons (Fsp3) is 0.278. The molecule has 1 N–H and O–H groups in total. The lowest BCUT2D eigenvalue weighted by molar-refractivity contribution is -0.113. The first-order chi connectivity index (χ1) is 12.6. The van der Waals surface area contributed by atoms with Crippen LogP contribution in [0.1, 0.15) is 23.2 Å². The standard InChI is InChI=1S/C18H19ClN4OS2/c1-3-23-16(10-13-6-5-9-25-13)21-22-18(23)26-11-17(24)20-15-8-4-7-14(19)12(15)2/h4-9H,3,10-11H2,1-2H3,(H,20,24). The number of nitrogens with zero attached hydrogens (tertiary/aromatic N) is 3. The highest BCUT2D eigenvalue weighted by molar-refractivity contribution is 7.99. The Kier molecular flexibility index (Phi) is 6.34. The van der Waals surface area contributed by atoms with Crippen molar-refractivity contribution in [1.29, 1.82) is 0 Å². The third-order valence-corrected chi connectivity index (χ3v) is 6.15. The molecule has 1 amide bonds. The molecule has 0 fully saturated rings. The number of hydrogen-bond donors (Lipinski definition) is 1. The van der Waals surface area contributed by atoms with Crippen LogP contribution in [0.2, 0.25) is 5.02 Å². The Balaban J connectivity index is 1.63. The van der Waals surface area contributed by atoms with Crippen molar-refractivity contribution in [2.45, 2.75) is 32.0 Å². The highest BCUT2D eigenvalue weighted by Crippen LogP contribution is 2.24. The quantitative estimate of drug-likeness (QED) is 0.580. The first-order valence-electron chi connectivity index (χ1n) is 8.20. The second kappa shape index (κ2) is 8.70. The number of benzene rings is 1. The van der Waals surface area contributed by atoms with Gasteiger partial charge in [-0.2, -0.15) is 0 Å². The summed E-state index contributed by atoms with van der Waals surface area (Å²) in [6.45, 7) is 4.71. The van der Waals surface area contributed by atoms with Gasteiger partial charge in [0.1, 0.15) is 5.82 Å². The second-order valence-corrected chi connectivity index (χ2v) is 8.03. The summed E-state index contributed by atoms with van der Waals surface area (Å²) in [5.74, 6) is 1.10. The van der Waals surface area contributed by atoms with Crippen LogP contribution in [0.5, 0.6) is 0 Å². The van der Waals surface area contributed by atoms with E-state index in [1.54, 1.807) is 17.4 Å². The molecule has 0 bridgehead atoms. The molecular weight excluding hydrogens is 388 g/mol. The van der Waals surface area contributed by atoms with Crippen LogP contribution in [0.3, 0.4) is 0 Å². The Hall–Kier alpha value is -1.83. The van der Waals surface area contributed by atoms with Crippen molar-refractivity contribution in [1.82, 2.24) is 14.8 Å². The number of thioether (sulfide) groups is 1. The van der Waals surface area contributed by atoms with Gasteiger partial charge in [0.2, 0.25) is 5.91 Å². The Morgan fingerprint density at radius 2 is 2.15 bits per heavy atom. The summed E-state index contributed by atoms with van der Waals surface area (Å²) in [6, 6.07) is 9.59. The van der Waals surface area contributed by atoms with Crippen molar-refractivity contribution in [2.75, 3.05) is 11.1 Å². The number of halogens is 1. The van der Waals surface area contributed by atoms with E-state index in [0.29, 0.717) is 5.02 Å². The van der Waals surface area contributed by atoms with Crippen LogP contribution >= 0.6 is 34.7 Å². The van der Waals surface area contributed by atoms with Gasteiger partial charge in [0.15, 0.2) is 5.16 Å². The molecule has 0 aliphatic carbocycles. The number of hydrogen-bond acceptors (Lipinski definition) is 5. The Bertz CT molecular complexity index is 893. The first-order valence-corrected chi connectivity index (χ1v) is 10.4. The van der Waals surface area contributed by atoms with E-state index >= 15 is 0 Å². The smallest absolute Gasteiger partial charge is 0.234 e. The van der Waals surface area contributed by atoms with Crippen molar-refractivity contribution < 1.29 is 4.79 Å². The number of thiophene rings is 1. The molecule has 26 heavy (non-hydrogen) atoms. The molecule has 0 unspecified atom stereocenters. The van der Waals surface area contributed by atoms with Crippen LogP contribution in [0.4, 0.5) is 5.69 Å². The highest BCUT2D eigenvalue weighted by atomic mass is 35.5. The van der Waals surface area contributed by atoms with Crippen molar-refractivity contribution in [2.24, 2.45) is 0 Å². The molecule has 2 aromatic heterocycles. The molecule has 1 aromatic carbocycles. The summed E-state index contributed by atoms with van der Waals surface area (Å²) in [7, 11) is 0. The molecular formula is C18H19ClN4OS2. The summed E-state index contributed by atoms with van der Waals surface area (Å²) in [5.41, 5.74) is 1.60. The molecule has 3 rings (SSSR count). The number of anilines is 1. The fourth-order valence-corrected chi connectivity index (χ4v) is 4.20. The molecule has 0 spiro atoms. The molecule has 0 radical (unpaired) electrons. The van der Waals surface area contributed by atoms with Gasteiger partial charge in [-0.1, -0.05) is 35.5 Å². The maximum absolute atomic E-state index is 12.3. The number of carbonyl (C=O) groups excluding carboxylic acids is 1. The first kappa shape index (κ1) is 18.9. The highest BCUT2D eigenvalue weighted by Gasteiger charge is 2.14. The van der Waals surface area contributed by atoms with Gasteiger partial charge in [0, 0.05) is 28.6 Å². The number of rotatable bonds is 7. The van der Waals surface area contributed by atoms with Crippen LogP contribution in [0.25, 0.3) is 0 Å². The van der Waals surface area contributed by atoms with Crippen LogP contribution in [0, 0.1) is 6.92 Å². The SMILES string of the molecule is CCn1c(Cc2cccs2)nnc1SCC(=O)Nc1cccc(Cl)c1C. The van der Waals surface area contributed by atoms with Gasteiger partial charge in [0.25, 0.3) is 0 Å². The third kappa shape index (κ3) is 4.47. The van der Waals surface area contributed by atoms with Gasteiger partial charge < -0.3 is 9.88 Å². The zero-order chi connectivity index (χ0) is 18.5. The minimum atomic E-state index is -0.0918. The van der Waals surface area contributed by atoms with E-state index in [-0.39, 0.29) is 11.7 Å². The molecule has 0 saturated heterocycles. The fourth-order valence-electron chi connectivity index (χ4n) is 2.50. The minimum Gasteiger partial charge on any atom is -0.325 e. The number of aromatic nitrogens is 3. The second-order valence-electron chi connectivity index (χ2n) is 5.65. The molecule has 3 aromatic rings. The van der Waals surface area contributed by atoms with Gasteiger partial charge in [0.05, 0.1) is 5.75 Å². The van der Waals surface area contributed by atoms with Crippen molar-refractivity contribution in [3.05, 3.63) is 57.0 Å². The summed E-state index contributed by atoms with van der Waals surface area (Å²) >= 11 is 9.19. The summed E-state index contributed by atoms with van der Waals surface area (Å²) in [5, 5.41) is 14.9. The summed E-state index contributed by atoms with van der Waals surface area (Å²) < 4.78 is 2.06. The Morgan fingerprint density at radius 1 is 1.31 bits per heavy atom. The third-order valence-electron chi connectivity index (χ3n) is 3.90. The van der Waals surface area contributed by atoms with Crippen molar-refractivity contribution in [3.8, 4) is 0 Å². The zero-order valence-corrected chi connectivity index (χ0v) is 16.9. The molecule has 2 heterocycles. The molecule has 0 saturated carbocycles. The zero-order valence-electron chi connectivity index (χ0n) is 14.5. The van der Waals surface area contributed by atoms with E-state index < -0.39 is 0 Å². The van der Waals surface area contributed by atoms with Gasteiger partial charge in [-0.15, -0.1) is 21.5 Å². The molecule has 5 nitrogen and oxygen atoms in total. The summed E-state index contributed by atoms with van der Waals surface area (Å²) in [6.07, 6.45) is 0.757. The monoisotopic (exact) mass is 406 g/mol.